The molecule has 0 aliphatic carbocycles. The first kappa shape index (κ1) is 9.94. The molecule has 0 aliphatic rings. The summed E-state index contributed by atoms with van der Waals surface area (Å²) in [5.41, 5.74) is 0.840. The number of halogens is 2. The summed E-state index contributed by atoms with van der Waals surface area (Å²) in [5, 5.41) is 9.17. The van der Waals surface area contributed by atoms with E-state index >= 15 is 0 Å². The van der Waals surface area contributed by atoms with Crippen LogP contribution in [0.4, 0.5) is 4.39 Å². The molecule has 0 heterocycles. The van der Waals surface area contributed by atoms with Gasteiger partial charge in [0.05, 0.1) is 11.6 Å². The molecule has 0 saturated carbocycles. The van der Waals surface area contributed by atoms with Crippen LogP contribution in [0.3, 0.4) is 0 Å². The second-order valence-corrected chi connectivity index (χ2v) is 3.05. The maximum absolute atomic E-state index is 13.1. The third kappa shape index (κ3) is 2.67. The molecule has 0 amide bonds. The Morgan fingerprint density at radius 3 is 2.85 bits per heavy atom. The van der Waals surface area contributed by atoms with Gasteiger partial charge in [0, 0.05) is 10.9 Å². The fourth-order valence-electron chi connectivity index (χ4n) is 0.903. The molecule has 0 N–H and O–H groups in total. The van der Waals surface area contributed by atoms with Crippen molar-refractivity contribution in [2.75, 3.05) is 5.33 Å². The molecule has 13 heavy (non-hydrogen) atoms. The number of hydrogen-bond donors (Lipinski definition) is 0. The molecule has 0 radical (unpaired) electrons. The zero-order chi connectivity index (χ0) is 9.68. The molecular weight excluding hydrogens is 233 g/mol. The lowest BCUT2D eigenvalue weighted by atomic mass is 10.1. The average Bonchev–Trinajstić information content (AvgIpc) is 2.16. The lowest BCUT2D eigenvalue weighted by Crippen LogP contribution is -1.83. The number of allylic oxidation sites excluding steroid dienone is 1. The molecule has 0 atom stereocenters. The van der Waals surface area contributed by atoms with Gasteiger partial charge in [0.25, 0.3) is 0 Å². The van der Waals surface area contributed by atoms with Crippen molar-refractivity contribution in [1.29, 1.82) is 5.26 Å². The minimum atomic E-state index is -0.365. The van der Waals surface area contributed by atoms with E-state index in [-0.39, 0.29) is 5.82 Å². The second kappa shape index (κ2) is 4.78. The Bertz CT molecular complexity index is 366. The van der Waals surface area contributed by atoms with E-state index in [0.29, 0.717) is 16.5 Å². The number of rotatable bonds is 2. The van der Waals surface area contributed by atoms with Crippen molar-refractivity contribution in [3.8, 4) is 6.07 Å². The van der Waals surface area contributed by atoms with Gasteiger partial charge in [-0.3, -0.25) is 0 Å². The van der Waals surface area contributed by atoms with Gasteiger partial charge in [-0.05, 0) is 12.1 Å². The summed E-state index contributed by atoms with van der Waals surface area (Å²) in [5.74, 6) is -0.365. The van der Waals surface area contributed by atoms with Crippen LogP contribution in [0.15, 0.2) is 24.3 Å². The molecule has 0 bridgehead atoms. The highest BCUT2D eigenvalue weighted by Gasteiger charge is 1.99. The molecular formula is C10H7BrFN. The van der Waals surface area contributed by atoms with Gasteiger partial charge in [-0.2, -0.15) is 5.26 Å². The molecule has 0 unspecified atom stereocenters. The van der Waals surface area contributed by atoms with E-state index in [1.54, 1.807) is 24.3 Å². The van der Waals surface area contributed by atoms with Crippen molar-refractivity contribution < 1.29 is 4.39 Å². The van der Waals surface area contributed by atoms with E-state index in [0.717, 1.165) is 0 Å². The van der Waals surface area contributed by atoms with Gasteiger partial charge in [0.15, 0.2) is 0 Å². The van der Waals surface area contributed by atoms with E-state index in [4.69, 9.17) is 5.26 Å². The van der Waals surface area contributed by atoms with Crippen LogP contribution < -0.4 is 0 Å². The second-order valence-electron chi connectivity index (χ2n) is 2.40. The van der Waals surface area contributed by atoms with Crippen LogP contribution in [0.2, 0.25) is 0 Å². The van der Waals surface area contributed by atoms with Crippen LogP contribution in [0.1, 0.15) is 11.1 Å². The quantitative estimate of drug-likeness (QED) is 0.728. The number of alkyl halides is 1. The number of benzene rings is 1. The Hall–Kier alpha value is -1.14. The topological polar surface area (TPSA) is 23.8 Å². The summed E-state index contributed by atoms with van der Waals surface area (Å²) < 4.78 is 13.1. The summed E-state index contributed by atoms with van der Waals surface area (Å²) in [7, 11) is 0. The molecule has 1 aromatic rings. The molecule has 0 aliphatic heterocycles. The van der Waals surface area contributed by atoms with Gasteiger partial charge in [0.1, 0.15) is 5.82 Å². The highest BCUT2D eigenvalue weighted by atomic mass is 79.9. The van der Waals surface area contributed by atoms with Crippen LogP contribution in [0, 0.1) is 17.1 Å². The molecule has 0 spiro atoms. The summed E-state index contributed by atoms with van der Waals surface area (Å²) in [6.07, 6.45) is 3.47. The predicted molar refractivity (Wildman–Crippen MR) is 53.9 cm³/mol. The highest BCUT2D eigenvalue weighted by Crippen LogP contribution is 2.11. The number of nitrogens with zero attached hydrogens (tertiary/aromatic N) is 1. The van der Waals surface area contributed by atoms with Gasteiger partial charge in [-0.25, -0.2) is 4.39 Å². The van der Waals surface area contributed by atoms with E-state index in [1.807, 2.05) is 6.07 Å². The van der Waals surface area contributed by atoms with Crippen molar-refractivity contribution in [2.24, 2.45) is 0 Å². The fourth-order valence-corrected chi connectivity index (χ4v) is 1.09. The van der Waals surface area contributed by atoms with Gasteiger partial charge in [0.2, 0.25) is 0 Å². The van der Waals surface area contributed by atoms with E-state index in [1.165, 1.54) is 6.07 Å². The van der Waals surface area contributed by atoms with E-state index < -0.39 is 0 Å². The van der Waals surface area contributed by atoms with Crippen LogP contribution in [-0.2, 0) is 0 Å². The van der Waals surface area contributed by atoms with E-state index in [9.17, 15) is 4.39 Å². The maximum Gasteiger partial charge on any atom is 0.131 e. The van der Waals surface area contributed by atoms with Gasteiger partial charge >= 0.3 is 0 Å². The smallest absolute Gasteiger partial charge is 0.131 e. The Morgan fingerprint density at radius 2 is 2.31 bits per heavy atom. The minimum absolute atomic E-state index is 0.341. The van der Waals surface area contributed by atoms with Crippen LogP contribution in [-0.4, -0.2) is 5.33 Å². The third-order valence-electron chi connectivity index (χ3n) is 1.52. The van der Waals surface area contributed by atoms with Gasteiger partial charge < -0.3 is 0 Å². The Morgan fingerprint density at radius 1 is 1.54 bits per heavy atom. The minimum Gasteiger partial charge on any atom is -0.206 e. The Kier molecular flexibility index (Phi) is 3.66. The molecule has 0 aromatic heterocycles. The summed E-state index contributed by atoms with van der Waals surface area (Å²) in [6.45, 7) is 0. The largest absolute Gasteiger partial charge is 0.206 e. The van der Waals surface area contributed by atoms with Crippen LogP contribution >= 0.6 is 15.9 Å². The summed E-state index contributed by atoms with van der Waals surface area (Å²) in [6, 6.07) is 6.29. The van der Waals surface area contributed by atoms with Gasteiger partial charge in [-0.15, -0.1) is 0 Å². The normalized spacial score (nSPS) is 10.2. The van der Waals surface area contributed by atoms with Gasteiger partial charge in [-0.1, -0.05) is 34.1 Å². The first-order valence-corrected chi connectivity index (χ1v) is 4.82. The Labute approximate surface area is 84.6 Å². The standard InChI is InChI=1S/C10H7BrFN/c11-5-1-2-9-4-3-8(7-13)6-10(9)12/h1-4,6H,5H2. The molecule has 1 rings (SSSR count). The SMILES string of the molecule is N#Cc1ccc(C=CCBr)c(F)c1. The molecule has 66 valence electrons. The maximum atomic E-state index is 13.1. The predicted octanol–water partition coefficient (Wildman–Crippen LogP) is 3.11. The zero-order valence-corrected chi connectivity index (χ0v) is 8.38. The monoisotopic (exact) mass is 239 g/mol. The van der Waals surface area contributed by atoms with Crippen molar-refractivity contribution in [2.45, 2.75) is 0 Å². The lowest BCUT2D eigenvalue weighted by molar-refractivity contribution is 0.624. The summed E-state index contributed by atoms with van der Waals surface area (Å²) >= 11 is 3.20. The van der Waals surface area contributed by atoms with Crippen LogP contribution in [0.5, 0.6) is 0 Å². The summed E-state index contributed by atoms with van der Waals surface area (Å²) in [4.78, 5) is 0. The molecule has 3 heteroatoms. The first-order valence-electron chi connectivity index (χ1n) is 3.70. The number of hydrogen-bond acceptors (Lipinski definition) is 1. The van der Waals surface area contributed by atoms with E-state index in [2.05, 4.69) is 15.9 Å². The molecule has 0 saturated heterocycles. The molecule has 1 nitrogen and oxygen atoms in total. The molecule has 0 fully saturated rings. The van der Waals surface area contributed by atoms with Crippen molar-refractivity contribution >= 4 is 22.0 Å². The number of nitriles is 1. The third-order valence-corrected chi connectivity index (χ3v) is 1.89. The molecule has 1 aromatic carbocycles. The first-order chi connectivity index (χ1) is 6.27. The zero-order valence-electron chi connectivity index (χ0n) is 6.80. The van der Waals surface area contributed by atoms with Crippen molar-refractivity contribution in [3.05, 3.63) is 41.2 Å². The Balaban J connectivity index is 3.00. The average molecular weight is 240 g/mol. The van der Waals surface area contributed by atoms with Crippen LogP contribution in [0.25, 0.3) is 6.08 Å². The lowest BCUT2D eigenvalue weighted by Gasteiger charge is -1.95. The van der Waals surface area contributed by atoms with Crippen molar-refractivity contribution in [3.63, 3.8) is 0 Å². The highest BCUT2D eigenvalue weighted by molar-refractivity contribution is 9.09. The fraction of sp³-hybridized carbons (Fsp3) is 0.100. The van der Waals surface area contributed by atoms with Crippen molar-refractivity contribution in [1.82, 2.24) is 0 Å².